The molecule has 0 aliphatic carbocycles. The van der Waals surface area contributed by atoms with Crippen molar-refractivity contribution in [2.75, 3.05) is 40.0 Å². The molecular weight excluding hydrogens is 414 g/mol. The predicted molar refractivity (Wildman–Crippen MR) is 108 cm³/mol. The number of hydrogen-bond donors (Lipinski definition) is 2. The zero-order valence-electron chi connectivity index (χ0n) is 17.4. The number of rotatable bonds is 9. The van der Waals surface area contributed by atoms with Crippen LogP contribution in [0.15, 0.2) is 29.2 Å². The van der Waals surface area contributed by atoms with Crippen LogP contribution in [0.25, 0.3) is 0 Å². The number of ether oxygens (including phenoxy) is 2. The normalized spacial score (nSPS) is 17.1. The summed E-state index contributed by atoms with van der Waals surface area (Å²) in [5.74, 6) is -1.41. The maximum Gasteiger partial charge on any atom is 0.242 e. The van der Waals surface area contributed by atoms with Gasteiger partial charge in [0, 0.05) is 13.1 Å². The number of nitrogens with two attached hydrogens (primary N) is 1. The lowest BCUT2D eigenvalue weighted by Crippen LogP contribution is -2.55. The molecule has 0 spiro atoms. The Balaban J connectivity index is 2.41. The monoisotopic (exact) mass is 443 g/mol. The maximum absolute atomic E-state index is 13.3. The van der Waals surface area contributed by atoms with E-state index in [1.165, 1.54) is 36.3 Å². The number of benzene rings is 1. The van der Waals surface area contributed by atoms with E-state index in [1.807, 2.05) is 0 Å². The molecule has 2 rings (SSSR count). The van der Waals surface area contributed by atoms with Crippen LogP contribution in [0.4, 0.5) is 0 Å². The first-order valence-corrected chi connectivity index (χ1v) is 11.1. The number of nitrogens with zero attached hydrogens (tertiary/aromatic N) is 2. The van der Waals surface area contributed by atoms with Crippen molar-refractivity contribution in [2.24, 2.45) is 11.7 Å². The Morgan fingerprint density at radius 3 is 2.27 bits per heavy atom. The molecule has 1 aliphatic rings. The molecule has 168 valence electrons. The van der Waals surface area contributed by atoms with Gasteiger partial charge in [0.05, 0.1) is 31.8 Å². The highest BCUT2D eigenvalue weighted by Crippen LogP contribution is 2.23. The van der Waals surface area contributed by atoms with Gasteiger partial charge in [-0.05, 0) is 30.2 Å². The maximum atomic E-state index is 13.3. The zero-order chi connectivity index (χ0) is 22.5. The Kier molecular flexibility index (Phi) is 8.18. The molecule has 11 heteroatoms. The van der Waals surface area contributed by atoms with Crippen molar-refractivity contribution >= 4 is 21.7 Å². The van der Waals surface area contributed by atoms with Gasteiger partial charge in [0.25, 0.3) is 0 Å². The highest BCUT2D eigenvalue weighted by atomic mass is 32.2. The topological polar surface area (TPSA) is 139 Å². The van der Waals surface area contributed by atoms with E-state index >= 15 is 0 Å². The lowest BCUT2D eigenvalue weighted by molar-refractivity contribution is -0.162. The molecule has 3 N–H and O–H groups in total. The first-order chi connectivity index (χ1) is 14.1. The van der Waals surface area contributed by atoms with E-state index in [0.29, 0.717) is 24.0 Å². The van der Waals surface area contributed by atoms with Crippen LogP contribution in [0.1, 0.15) is 13.8 Å². The van der Waals surface area contributed by atoms with E-state index in [-0.39, 0.29) is 18.0 Å². The average Bonchev–Trinajstić information content (AvgIpc) is 2.71. The summed E-state index contributed by atoms with van der Waals surface area (Å²) in [7, 11) is -2.74. The molecule has 1 unspecified atom stereocenters. The molecule has 2 atom stereocenters. The van der Waals surface area contributed by atoms with Gasteiger partial charge in [-0.1, -0.05) is 13.8 Å². The number of morpholine rings is 1. The van der Waals surface area contributed by atoms with Crippen molar-refractivity contribution < 1.29 is 32.7 Å². The predicted octanol–water partition coefficient (Wildman–Crippen LogP) is -0.103. The summed E-state index contributed by atoms with van der Waals surface area (Å²) in [6.07, 6.45) is 0. The molecule has 30 heavy (non-hydrogen) atoms. The minimum absolute atomic E-state index is 0.0940. The molecule has 2 amide bonds. The first kappa shape index (κ1) is 24.1. The minimum atomic E-state index is -4.20. The smallest absolute Gasteiger partial charge is 0.242 e. The minimum Gasteiger partial charge on any atom is -0.497 e. The second kappa shape index (κ2) is 10.2. The van der Waals surface area contributed by atoms with Crippen molar-refractivity contribution in [3.8, 4) is 5.75 Å². The number of hydrogen-bond acceptors (Lipinski definition) is 8. The average molecular weight is 444 g/mol. The van der Waals surface area contributed by atoms with Crippen LogP contribution in [0, 0.1) is 5.92 Å². The lowest BCUT2D eigenvalue weighted by Gasteiger charge is -2.33. The fraction of sp³-hybridized carbons (Fsp3) is 0.579. The van der Waals surface area contributed by atoms with Crippen molar-refractivity contribution in [3.63, 3.8) is 0 Å². The Bertz CT molecular complexity index is 836. The van der Waals surface area contributed by atoms with E-state index in [9.17, 15) is 23.2 Å². The number of carbonyl (C=O) groups is 2. The number of primary amides is 1. The lowest BCUT2D eigenvalue weighted by atomic mass is 10.0. The van der Waals surface area contributed by atoms with Gasteiger partial charge in [0.2, 0.25) is 11.8 Å². The third-order valence-corrected chi connectivity index (χ3v) is 6.99. The number of carbonyl (C=O) groups excluding carboxylic acids is 2. The molecule has 1 saturated heterocycles. The zero-order valence-corrected chi connectivity index (χ0v) is 18.2. The van der Waals surface area contributed by atoms with Gasteiger partial charge in [0.1, 0.15) is 11.8 Å². The van der Waals surface area contributed by atoms with Crippen molar-refractivity contribution in [1.29, 1.82) is 0 Å². The standard InChI is InChI=1S/C19H29N3O7S/c1-13(2)17(18(20)23)22(25)12-16(19(24)21-8-10-29-11-9-21)30(26,27)15-6-4-14(28-3)5-7-15/h4-7,13,16-17,25H,8-12H2,1-3H3,(H2,20,23)/t16-,17?/m1/s1. The third-order valence-electron chi connectivity index (χ3n) is 4.96. The second-order valence-corrected chi connectivity index (χ2v) is 9.49. The Morgan fingerprint density at radius 1 is 1.23 bits per heavy atom. The molecule has 1 fully saturated rings. The van der Waals surface area contributed by atoms with E-state index in [4.69, 9.17) is 15.2 Å². The summed E-state index contributed by atoms with van der Waals surface area (Å²) in [5, 5.41) is 9.44. The number of sulfone groups is 1. The number of amides is 2. The first-order valence-electron chi connectivity index (χ1n) is 9.59. The van der Waals surface area contributed by atoms with Crippen LogP contribution in [-0.2, 0) is 24.2 Å². The highest BCUT2D eigenvalue weighted by molar-refractivity contribution is 7.92. The molecule has 10 nitrogen and oxygen atoms in total. The third kappa shape index (κ3) is 5.48. The molecule has 1 aromatic rings. The summed E-state index contributed by atoms with van der Waals surface area (Å²) < 4.78 is 37.0. The molecule has 0 aromatic heterocycles. The Labute approximate surface area is 176 Å². The van der Waals surface area contributed by atoms with Gasteiger partial charge in [0.15, 0.2) is 15.1 Å². The molecule has 1 aromatic carbocycles. The SMILES string of the molecule is COc1ccc(S(=O)(=O)[C@H](CN(O)C(C(N)=O)C(C)C)C(=O)N2CCOCC2)cc1. The van der Waals surface area contributed by atoms with Crippen molar-refractivity contribution in [2.45, 2.75) is 30.0 Å². The van der Waals surface area contributed by atoms with Crippen LogP contribution < -0.4 is 10.5 Å². The molecule has 0 bridgehead atoms. The molecule has 0 saturated carbocycles. The molecular formula is C19H29N3O7S. The number of hydroxylamine groups is 2. The summed E-state index contributed by atoms with van der Waals surface area (Å²) in [4.78, 5) is 26.2. The molecule has 1 aliphatic heterocycles. The van der Waals surface area contributed by atoms with Gasteiger partial charge in [-0.2, -0.15) is 5.06 Å². The van der Waals surface area contributed by atoms with Gasteiger partial charge in [-0.25, -0.2) is 8.42 Å². The summed E-state index contributed by atoms with van der Waals surface area (Å²) in [5.41, 5.74) is 5.37. The van der Waals surface area contributed by atoms with Gasteiger partial charge in [-0.3, -0.25) is 9.59 Å². The van der Waals surface area contributed by atoms with E-state index < -0.39 is 45.4 Å². The fourth-order valence-electron chi connectivity index (χ4n) is 3.33. The van der Waals surface area contributed by atoms with E-state index in [0.717, 1.165) is 0 Å². The fourth-order valence-corrected chi connectivity index (χ4v) is 4.94. The largest absolute Gasteiger partial charge is 0.497 e. The number of methoxy groups -OCH3 is 1. The second-order valence-electron chi connectivity index (χ2n) is 7.36. The van der Waals surface area contributed by atoms with Gasteiger partial charge in [-0.15, -0.1) is 0 Å². The van der Waals surface area contributed by atoms with Crippen LogP contribution in [0.3, 0.4) is 0 Å². The molecule has 0 radical (unpaired) electrons. The summed E-state index contributed by atoms with van der Waals surface area (Å²) in [6, 6.07) is 4.48. The van der Waals surface area contributed by atoms with Crippen molar-refractivity contribution in [3.05, 3.63) is 24.3 Å². The van der Waals surface area contributed by atoms with Crippen LogP contribution in [0.2, 0.25) is 0 Å². The van der Waals surface area contributed by atoms with Crippen molar-refractivity contribution in [1.82, 2.24) is 9.96 Å². The Hall–Kier alpha value is -2.21. The summed E-state index contributed by atoms with van der Waals surface area (Å²) in [6.45, 7) is 3.78. The van der Waals surface area contributed by atoms with E-state index in [1.54, 1.807) is 13.8 Å². The van der Waals surface area contributed by atoms with Gasteiger partial charge >= 0.3 is 0 Å². The van der Waals surface area contributed by atoms with Crippen LogP contribution in [-0.4, -0.2) is 86.7 Å². The van der Waals surface area contributed by atoms with Crippen LogP contribution >= 0.6 is 0 Å². The van der Waals surface area contributed by atoms with Gasteiger partial charge < -0.3 is 25.3 Å². The van der Waals surface area contributed by atoms with E-state index in [2.05, 4.69) is 0 Å². The quantitative estimate of drug-likeness (QED) is 0.504. The highest BCUT2D eigenvalue weighted by Gasteiger charge is 2.41. The Morgan fingerprint density at radius 2 is 1.80 bits per heavy atom. The molecule has 1 heterocycles. The summed E-state index contributed by atoms with van der Waals surface area (Å²) >= 11 is 0. The van der Waals surface area contributed by atoms with Crippen LogP contribution in [0.5, 0.6) is 5.75 Å².